The van der Waals surface area contributed by atoms with Gasteiger partial charge in [-0.2, -0.15) is 5.10 Å². The van der Waals surface area contributed by atoms with Crippen LogP contribution in [0, 0.1) is 0 Å². The fourth-order valence-corrected chi connectivity index (χ4v) is 2.07. The van der Waals surface area contributed by atoms with Gasteiger partial charge in [-0.05, 0) is 12.8 Å². The van der Waals surface area contributed by atoms with Crippen molar-refractivity contribution in [1.29, 1.82) is 0 Å². The maximum Gasteiger partial charge on any atom is 0.0748 e. The average molecular weight is 194 g/mol. The first-order valence-electron chi connectivity index (χ1n) is 5.27. The minimum absolute atomic E-state index is 0.685. The molecule has 0 radical (unpaired) electrons. The number of nitrogen functional groups attached to an aromatic ring is 1. The third kappa shape index (κ3) is 1.90. The molecule has 0 unspecified atom stereocenters. The van der Waals surface area contributed by atoms with Gasteiger partial charge in [0, 0.05) is 19.6 Å². The molecule has 0 aliphatic heterocycles. The summed E-state index contributed by atoms with van der Waals surface area (Å²) in [4.78, 5) is 0. The number of aryl methyl sites for hydroxylation is 1. The summed E-state index contributed by atoms with van der Waals surface area (Å²) in [5.41, 5.74) is 7.69. The van der Waals surface area contributed by atoms with E-state index in [0.29, 0.717) is 6.04 Å². The lowest BCUT2D eigenvalue weighted by molar-refractivity contribution is 0.508. The summed E-state index contributed by atoms with van der Waals surface area (Å²) in [6.45, 7) is 0.840. The number of hydrogen-bond donors (Lipinski definition) is 2. The molecule has 0 atom stereocenters. The van der Waals surface area contributed by atoms with E-state index < -0.39 is 0 Å². The predicted octanol–water partition coefficient (Wildman–Crippen LogP) is 1.03. The maximum absolute atomic E-state index is 5.80. The zero-order valence-corrected chi connectivity index (χ0v) is 8.66. The Morgan fingerprint density at radius 1 is 1.57 bits per heavy atom. The van der Waals surface area contributed by atoms with Crippen LogP contribution in [0.1, 0.15) is 31.4 Å². The van der Waals surface area contributed by atoms with Crippen molar-refractivity contribution in [3.05, 3.63) is 11.9 Å². The summed E-state index contributed by atoms with van der Waals surface area (Å²) in [6.07, 6.45) is 7.04. The molecule has 1 fully saturated rings. The van der Waals surface area contributed by atoms with E-state index in [1.807, 2.05) is 11.7 Å². The smallest absolute Gasteiger partial charge is 0.0748 e. The van der Waals surface area contributed by atoms with E-state index in [9.17, 15) is 0 Å². The van der Waals surface area contributed by atoms with Gasteiger partial charge < -0.3 is 11.1 Å². The molecule has 2 rings (SSSR count). The fraction of sp³-hybridized carbons (Fsp3) is 0.700. The van der Waals surface area contributed by atoms with Crippen molar-refractivity contribution < 1.29 is 0 Å². The molecule has 0 bridgehead atoms. The Kier molecular flexibility index (Phi) is 2.72. The van der Waals surface area contributed by atoms with Crippen molar-refractivity contribution in [3.63, 3.8) is 0 Å². The third-order valence-corrected chi connectivity index (χ3v) is 3.01. The summed E-state index contributed by atoms with van der Waals surface area (Å²) < 4.78 is 1.84. The van der Waals surface area contributed by atoms with Crippen molar-refractivity contribution in [2.24, 2.45) is 7.05 Å². The Labute approximate surface area is 84.5 Å². The van der Waals surface area contributed by atoms with Gasteiger partial charge in [-0.1, -0.05) is 12.8 Å². The maximum atomic E-state index is 5.80. The van der Waals surface area contributed by atoms with Crippen molar-refractivity contribution in [1.82, 2.24) is 15.1 Å². The molecule has 1 heterocycles. The Balaban J connectivity index is 1.90. The first-order chi connectivity index (χ1) is 6.77. The molecule has 1 aromatic heterocycles. The highest BCUT2D eigenvalue weighted by Gasteiger charge is 2.15. The van der Waals surface area contributed by atoms with Crippen LogP contribution in [0.5, 0.6) is 0 Å². The third-order valence-electron chi connectivity index (χ3n) is 3.01. The summed E-state index contributed by atoms with van der Waals surface area (Å²) in [6, 6.07) is 0.685. The van der Waals surface area contributed by atoms with Crippen LogP contribution in [0.2, 0.25) is 0 Å². The molecular weight excluding hydrogens is 176 g/mol. The van der Waals surface area contributed by atoms with Crippen LogP contribution in [-0.4, -0.2) is 15.8 Å². The first-order valence-corrected chi connectivity index (χ1v) is 5.27. The second kappa shape index (κ2) is 4.00. The summed E-state index contributed by atoms with van der Waals surface area (Å²) in [7, 11) is 1.93. The van der Waals surface area contributed by atoms with Crippen LogP contribution in [0.25, 0.3) is 0 Å². The van der Waals surface area contributed by atoms with E-state index in [1.54, 1.807) is 6.20 Å². The molecule has 0 saturated heterocycles. The Morgan fingerprint density at radius 3 is 2.86 bits per heavy atom. The molecule has 1 aliphatic rings. The van der Waals surface area contributed by atoms with Crippen LogP contribution in [0.15, 0.2) is 6.20 Å². The Hall–Kier alpha value is -1.03. The number of rotatable bonds is 3. The minimum Gasteiger partial charge on any atom is -0.396 e. The normalized spacial score (nSPS) is 17.8. The summed E-state index contributed by atoms with van der Waals surface area (Å²) >= 11 is 0. The SMILES string of the molecule is Cn1ncc(N)c1CNC1CCCC1. The van der Waals surface area contributed by atoms with Crippen molar-refractivity contribution in [3.8, 4) is 0 Å². The number of hydrogen-bond acceptors (Lipinski definition) is 3. The predicted molar refractivity (Wildman–Crippen MR) is 56.7 cm³/mol. The lowest BCUT2D eigenvalue weighted by atomic mass is 10.2. The number of anilines is 1. The highest BCUT2D eigenvalue weighted by molar-refractivity contribution is 5.40. The quantitative estimate of drug-likeness (QED) is 0.755. The molecule has 78 valence electrons. The second-order valence-electron chi connectivity index (χ2n) is 4.03. The van der Waals surface area contributed by atoms with Gasteiger partial charge in [-0.3, -0.25) is 4.68 Å². The van der Waals surface area contributed by atoms with E-state index in [2.05, 4.69) is 10.4 Å². The topological polar surface area (TPSA) is 55.9 Å². The largest absolute Gasteiger partial charge is 0.396 e. The van der Waals surface area contributed by atoms with E-state index >= 15 is 0 Å². The van der Waals surface area contributed by atoms with Gasteiger partial charge in [0.15, 0.2) is 0 Å². The highest BCUT2D eigenvalue weighted by atomic mass is 15.3. The number of aromatic nitrogens is 2. The van der Waals surface area contributed by atoms with Crippen LogP contribution in [0.4, 0.5) is 5.69 Å². The van der Waals surface area contributed by atoms with E-state index in [4.69, 9.17) is 5.73 Å². The Bertz CT molecular complexity index is 280. The number of nitrogens with two attached hydrogens (primary N) is 1. The summed E-state index contributed by atoms with van der Waals surface area (Å²) in [5.74, 6) is 0. The van der Waals surface area contributed by atoms with Crippen LogP contribution >= 0.6 is 0 Å². The monoisotopic (exact) mass is 194 g/mol. The molecule has 0 spiro atoms. The molecule has 3 N–H and O–H groups in total. The van der Waals surface area contributed by atoms with Crippen LogP contribution in [0.3, 0.4) is 0 Å². The van der Waals surface area contributed by atoms with E-state index in [1.165, 1.54) is 25.7 Å². The van der Waals surface area contributed by atoms with Gasteiger partial charge >= 0.3 is 0 Å². The van der Waals surface area contributed by atoms with Crippen molar-refractivity contribution in [2.75, 3.05) is 5.73 Å². The molecule has 1 saturated carbocycles. The molecular formula is C10H18N4. The fourth-order valence-electron chi connectivity index (χ4n) is 2.07. The lowest BCUT2D eigenvalue weighted by Gasteiger charge is -2.12. The second-order valence-corrected chi connectivity index (χ2v) is 4.03. The van der Waals surface area contributed by atoms with Crippen LogP contribution in [-0.2, 0) is 13.6 Å². The summed E-state index contributed by atoms with van der Waals surface area (Å²) in [5, 5.41) is 7.64. The molecule has 1 aliphatic carbocycles. The molecule has 4 nitrogen and oxygen atoms in total. The van der Waals surface area contributed by atoms with E-state index in [0.717, 1.165) is 17.9 Å². The van der Waals surface area contributed by atoms with E-state index in [-0.39, 0.29) is 0 Å². The Morgan fingerprint density at radius 2 is 2.29 bits per heavy atom. The zero-order chi connectivity index (χ0) is 9.97. The number of nitrogens with one attached hydrogen (secondary N) is 1. The molecule has 4 heteroatoms. The number of nitrogens with zero attached hydrogens (tertiary/aromatic N) is 2. The molecule has 14 heavy (non-hydrogen) atoms. The van der Waals surface area contributed by atoms with Gasteiger partial charge in [0.1, 0.15) is 0 Å². The van der Waals surface area contributed by atoms with Gasteiger partial charge in [0.05, 0.1) is 17.6 Å². The molecule has 1 aromatic rings. The van der Waals surface area contributed by atoms with Gasteiger partial charge in [-0.25, -0.2) is 0 Å². The standard InChI is InChI=1S/C10H18N4/c1-14-10(9(11)6-13-14)7-12-8-4-2-3-5-8/h6,8,12H,2-5,7,11H2,1H3. The average Bonchev–Trinajstić information content (AvgIpc) is 2.76. The molecule has 0 amide bonds. The van der Waals surface area contributed by atoms with Crippen LogP contribution < -0.4 is 11.1 Å². The lowest BCUT2D eigenvalue weighted by Crippen LogP contribution is -2.26. The van der Waals surface area contributed by atoms with Crippen molar-refractivity contribution in [2.45, 2.75) is 38.3 Å². The van der Waals surface area contributed by atoms with Crippen molar-refractivity contribution >= 4 is 5.69 Å². The zero-order valence-electron chi connectivity index (χ0n) is 8.66. The van der Waals surface area contributed by atoms with Gasteiger partial charge in [0.2, 0.25) is 0 Å². The first kappa shape index (κ1) is 9.52. The highest BCUT2D eigenvalue weighted by Crippen LogP contribution is 2.18. The molecule has 0 aromatic carbocycles. The minimum atomic E-state index is 0.685. The van der Waals surface area contributed by atoms with Gasteiger partial charge in [-0.15, -0.1) is 0 Å². The van der Waals surface area contributed by atoms with Gasteiger partial charge in [0.25, 0.3) is 0 Å².